The van der Waals surface area contributed by atoms with E-state index in [2.05, 4.69) is 21.4 Å². The van der Waals surface area contributed by atoms with Crippen LogP contribution in [0.15, 0.2) is 36.9 Å². The first-order valence-electron chi connectivity index (χ1n) is 13.0. The highest BCUT2D eigenvalue weighted by Gasteiger charge is 2.38. The lowest BCUT2D eigenvalue weighted by molar-refractivity contribution is -0.126. The zero-order chi connectivity index (χ0) is 27.3. The van der Waals surface area contributed by atoms with Crippen LogP contribution in [-0.2, 0) is 4.79 Å². The van der Waals surface area contributed by atoms with E-state index in [1.807, 2.05) is 4.90 Å². The van der Waals surface area contributed by atoms with Gasteiger partial charge in [0.05, 0.1) is 17.2 Å². The molecule has 3 aliphatic rings. The standard InChI is InChI=1S/C28H28ClF2N5O3/c1-2-22(38)34-8-10-35(11-9-34)27-18-12-19(29)23(24-20(30)4-3-5-21(24)37)25(31)26(18)32-28(33-27)39-15-16-13-36(14-16)17-6-7-17/h2-5,12,16-17,37H,1,6-11,13-15H2. The Morgan fingerprint density at radius 1 is 1.15 bits per heavy atom. The zero-order valence-electron chi connectivity index (χ0n) is 21.2. The van der Waals surface area contributed by atoms with E-state index in [-0.39, 0.29) is 33.6 Å². The summed E-state index contributed by atoms with van der Waals surface area (Å²) >= 11 is 6.50. The molecule has 0 unspecified atom stereocenters. The Balaban J connectivity index is 1.38. The third kappa shape index (κ3) is 4.87. The van der Waals surface area contributed by atoms with Crippen molar-refractivity contribution in [2.75, 3.05) is 50.8 Å². The maximum absolute atomic E-state index is 16.1. The van der Waals surface area contributed by atoms with E-state index in [0.29, 0.717) is 55.9 Å². The molecule has 1 aliphatic carbocycles. The molecule has 3 fully saturated rings. The lowest BCUT2D eigenvalue weighted by Gasteiger charge is -2.39. The number of fused-ring (bicyclic) bond motifs is 1. The zero-order valence-corrected chi connectivity index (χ0v) is 22.0. The predicted octanol–water partition coefficient (Wildman–Crippen LogP) is 4.24. The number of amides is 1. The van der Waals surface area contributed by atoms with Gasteiger partial charge in [0.2, 0.25) is 5.91 Å². The Morgan fingerprint density at radius 3 is 2.56 bits per heavy atom. The molecule has 0 atom stereocenters. The molecule has 204 valence electrons. The van der Waals surface area contributed by atoms with Crippen molar-refractivity contribution in [1.82, 2.24) is 19.8 Å². The molecule has 0 spiro atoms. The number of phenols is 1. The molecule has 0 bridgehead atoms. The van der Waals surface area contributed by atoms with Gasteiger partial charge < -0.3 is 19.6 Å². The van der Waals surface area contributed by atoms with Crippen LogP contribution < -0.4 is 9.64 Å². The largest absolute Gasteiger partial charge is 0.507 e. The van der Waals surface area contributed by atoms with Crippen molar-refractivity contribution in [3.8, 4) is 22.9 Å². The maximum Gasteiger partial charge on any atom is 0.319 e. The summed E-state index contributed by atoms with van der Waals surface area (Å²) in [7, 11) is 0. The number of piperazine rings is 1. The number of carbonyl (C=O) groups is 1. The molecule has 8 nitrogen and oxygen atoms in total. The monoisotopic (exact) mass is 555 g/mol. The quantitative estimate of drug-likeness (QED) is 0.437. The van der Waals surface area contributed by atoms with Crippen LogP contribution in [0.3, 0.4) is 0 Å². The van der Waals surface area contributed by atoms with Crippen molar-refractivity contribution in [2.24, 2.45) is 5.92 Å². The Bertz CT molecular complexity index is 1430. The normalized spacial score (nSPS) is 18.3. The highest BCUT2D eigenvalue weighted by atomic mass is 35.5. The fraction of sp³-hybridized carbons (Fsp3) is 0.393. The van der Waals surface area contributed by atoms with Crippen molar-refractivity contribution in [1.29, 1.82) is 0 Å². The number of benzene rings is 2. The van der Waals surface area contributed by atoms with Gasteiger partial charge in [-0.3, -0.25) is 9.69 Å². The van der Waals surface area contributed by atoms with Gasteiger partial charge in [-0.15, -0.1) is 0 Å². The number of likely N-dealkylation sites (tertiary alicyclic amines) is 1. The van der Waals surface area contributed by atoms with Crippen LogP contribution in [-0.4, -0.2) is 82.7 Å². The fourth-order valence-electron chi connectivity index (χ4n) is 5.37. The molecule has 3 heterocycles. The van der Waals surface area contributed by atoms with Crippen molar-refractivity contribution in [2.45, 2.75) is 18.9 Å². The second-order valence-corrected chi connectivity index (χ2v) is 10.7. The van der Waals surface area contributed by atoms with Crippen LogP contribution >= 0.6 is 11.6 Å². The second kappa shape index (κ2) is 10.2. The highest BCUT2D eigenvalue weighted by Crippen LogP contribution is 2.43. The molecule has 2 saturated heterocycles. The van der Waals surface area contributed by atoms with Crippen LogP contribution in [0.1, 0.15) is 12.8 Å². The van der Waals surface area contributed by atoms with Gasteiger partial charge in [-0.1, -0.05) is 24.2 Å². The lowest BCUT2D eigenvalue weighted by Crippen LogP contribution is -2.50. The van der Waals surface area contributed by atoms with E-state index in [0.717, 1.165) is 19.2 Å². The van der Waals surface area contributed by atoms with Crippen molar-refractivity contribution in [3.05, 3.63) is 53.6 Å². The number of ether oxygens (including phenoxy) is 1. The molecule has 2 aliphatic heterocycles. The van der Waals surface area contributed by atoms with Crippen LogP contribution in [0.5, 0.6) is 11.8 Å². The van der Waals surface area contributed by atoms with E-state index >= 15 is 4.39 Å². The molecule has 1 saturated carbocycles. The smallest absolute Gasteiger partial charge is 0.319 e. The van der Waals surface area contributed by atoms with Crippen LogP contribution in [0.4, 0.5) is 14.6 Å². The number of rotatable bonds is 7. The topological polar surface area (TPSA) is 82.0 Å². The molecule has 11 heteroatoms. The first kappa shape index (κ1) is 25.8. The third-order valence-electron chi connectivity index (χ3n) is 7.65. The van der Waals surface area contributed by atoms with Crippen molar-refractivity contribution >= 4 is 34.2 Å². The summed E-state index contributed by atoms with van der Waals surface area (Å²) < 4.78 is 36.8. The van der Waals surface area contributed by atoms with Gasteiger partial charge in [-0.05, 0) is 37.1 Å². The molecule has 39 heavy (non-hydrogen) atoms. The Hall–Kier alpha value is -3.50. The number of carbonyl (C=O) groups excluding carboxylic acids is 1. The predicted molar refractivity (Wildman–Crippen MR) is 144 cm³/mol. The summed E-state index contributed by atoms with van der Waals surface area (Å²) in [5.74, 6) is -1.53. The summed E-state index contributed by atoms with van der Waals surface area (Å²) in [5.41, 5.74) is -0.707. The summed E-state index contributed by atoms with van der Waals surface area (Å²) in [5, 5.41) is 10.6. The number of hydrogen-bond acceptors (Lipinski definition) is 7. The Kier molecular flexibility index (Phi) is 6.76. The van der Waals surface area contributed by atoms with Crippen molar-refractivity contribution in [3.63, 3.8) is 0 Å². The summed E-state index contributed by atoms with van der Waals surface area (Å²) in [6.07, 6.45) is 3.78. The number of halogens is 3. The molecular weight excluding hydrogens is 528 g/mol. The van der Waals surface area contributed by atoms with Crippen LogP contribution in [0, 0.1) is 17.6 Å². The minimum Gasteiger partial charge on any atom is -0.507 e. The van der Waals surface area contributed by atoms with E-state index in [4.69, 9.17) is 16.3 Å². The van der Waals surface area contributed by atoms with Crippen molar-refractivity contribution < 1.29 is 23.4 Å². The highest BCUT2D eigenvalue weighted by molar-refractivity contribution is 6.34. The average molecular weight is 556 g/mol. The first-order chi connectivity index (χ1) is 18.8. The summed E-state index contributed by atoms with van der Waals surface area (Å²) in [6, 6.07) is 5.92. The average Bonchev–Trinajstić information content (AvgIpc) is 3.74. The van der Waals surface area contributed by atoms with Gasteiger partial charge in [0.15, 0.2) is 5.82 Å². The minimum atomic E-state index is -0.879. The lowest BCUT2D eigenvalue weighted by atomic mass is 10.0. The molecule has 2 aromatic carbocycles. The second-order valence-electron chi connectivity index (χ2n) is 10.3. The summed E-state index contributed by atoms with van der Waals surface area (Å²) in [6.45, 7) is 7.60. The minimum absolute atomic E-state index is 0.0110. The molecule has 6 rings (SSSR count). The van der Waals surface area contributed by atoms with E-state index in [1.54, 1.807) is 4.90 Å². The number of nitrogens with zero attached hydrogens (tertiary/aromatic N) is 5. The van der Waals surface area contributed by atoms with Gasteiger partial charge in [0.25, 0.3) is 0 Å². The number of aromatic nitrogens is 2. The third-order valence-corrected chi connectivity index (χ3v) is 7.94. The SMILES string of the molecule is C=CC(=O)N1CCN(c2nc(OCC3CN(C4CC4)C3)nc3c(F)c(-c4c(O)cccc4F)c(Cl)cc23)CC1. The van der Waals surface area contributed by atoms with Gasteiger partial charge >= 0.3 is 6.01 Å². The molecule has 1 N–H and O–H groups in total. The van der Waals surface area contributed by atoms with Crippen LogP contribution in [0.2, 0.25) is 5.02 Å². The Morgan fingerprint density at radius 2 is 1.90 bits per heavy atom. The van der Waals surface area contributed by atoms with E-state index in [9.17, 15) is 14.3 Å². The molecule has 1 aromatic heterocycles. The Labute approximate surface area is 229 Å². The van der Waals surface area contributed by atoms with Gasteiger partial charge in [0.1, 0.15) is 22.9 Å². The summed E-state index contributed by atoms with van der Waals surface area (Å²) in [4.78, 5) is 27.1. The number of aromatic hydroxyl groups is 1. The number of hydrogen-bond donors (Lipinski definition) is 1. The number of phenolic OH excluding ortho intramolecular Hbond substituents is 1. The van der Waals surface area contributed by atoms with E-state index in [1.165, 1.54) is 37.1 Å². The molecule has 3 aromatic rings. The molecular formula is C28H28ClF2N5O3. The molecule has 0 radical (unpaired) electrons. The molecule has 1 amide bonds. The fourth-order valence-corrected chi connectivity index (χ4v) is 5.65. The first-order valence-corrected chi connectivity index (χ1v) is 13.4. The van der Waals surface area contributed by atoms with Crippen LogP contribution in [0.25, 0.3) is 22.0 Å². The maximum atomic E-state index is 16.1. The van der Waals surface area contributed by atoms with Gasteiger partial charge in [-0.25, -0.2) is 8.78 Å². The van der Waals surface area contributed by atoms with E-state index < -0.39 is 17.4 Å². The number of anilines is 1. The van der Waals surface area contributed by atoms with Gasteiger partial charge in [-0.2, -0.15) is 9.97 Å². The van der Waals surface area contributed by atoms with Gasteiger partial charge in [0, 0.05) is 62.2 Å².